The van der Waals surface area contributed by atoms with Crippen LogP contribution in [0.1, 0.15) is 20.3 Å². The minimum absolute atomic E-state index is 0.293. The van der Waals surface area contributed by atoms with Gasteiger partial charge in [-0.25, -0.2) is 0 Å². The highest BCUT2D eigenvalue weighted by atomic mass is 16.5. The van der Waals surface area contributed by atoms with Crippen LogP contribution in [0.4, 0.5) is 5.69 Å². The maximum atomic E-state index is 5.79. The number of hydrogen-bond donors (Lipinski definition) is 2. The summed E-state index contributed by atoms with van der Waals surface area (Å²) in [6, 6.07) is 8.22. The molecule has 16 heavy (non-hydrogen) atoms. The molecular weight excluding hydrogens is 200 g/mol. The maximum Gasteiger partial charge on any atom is 0.141 e. The molecule has 3 nitrogen and oxygen atoms in total. The molecule has 0 bridgehead atoms. The zero-order chi connectivity index (χ0) is 12.0. The van der Waals surface area contributed by atoms with E-state index in [9.17, 15) is 0 Å². The minimum atomic E-state index is 0.293. The van der Waals surface area contributed by atoms with Gasteiger partial charge in [0, 0.05) is 12.6 Å². The second-order valence-electron chi connectivity index (χ2n) is 4.07. The molecule has 0 aromatic heterocycles. The second-order valence-corrected chi connectivity index (χ2v) is 4.07. The maximum absolute atomic E-state index is 5.79. The zero-order valence-corrected chi connectivity index (χ0v) is 10.4. The molecule has 1 aromatic rings. The molecule has 2 unspecified atom stereocenters. The predicted molar refractivity (Wildman–Crippen MR) is 68.9 cm³/mol. The number of rotatable bonds is 6. The van der Waals surface area contributed by atoms with Crippen molar-refractivity contribution in [1.29, 1.82) is 0 Å². The van der Waals surface area contributed by atoms with Crippen LogP contribution in [0.5, 0.6) is 5.75 Å². The number of anilines is 1. The minimum Gasteiger partial charge on any atom is -0.495 e. The average Bonchev–Trinajstić information content (AvgIpc) is 2.35. The molecule has 0 aliphatic rings. The fourth-order valence-electron chi connectivity index (χ4n) is 1.68. The van der Waals surface area contributed by atoms with Crippen molar-refractivity contribution >= 4 is 5.69 Å². The fourth-order valence-corrected chi connectivity index (χ4v) is 1.68. The largest absolute Gasteiger partial charge is 0.495 e. The van der Waals surface area contributed by atoms with E-state index in [1.807, 2.05) is 24.3 Å². The first-order chi connectivity index (χ1) is 7.72. The van der Waals surface area contributed by atoms with Crippen LogP contribution in [0.2, 0.25) is 0 Å². The average molecular weight is 222 g/mol. The van der Waals surface area contributed by atoms with Crippen molar-refractivity contribution in [2.24, 2.45) is 11.7 Å². The highest BCUT2D eigenvalue weighted by molar-refractivity contribution is 5.56. The molecule has 3 N–H and O–H groups in total. The van der Waals surface area contributed by atoms with E-state index in [2.05, 4.69) is 19.2 Å². The van der Waals surface area contributed by atoms with Gasteiger partial charge < -0.3 is 15.8 Å². The van der Waals surface area contributed by atoms with Crippen molar-refractivity contribution in [3.05, 3.63) is 24.3 Å². The van der Waals surface area contributed by atoms with Gasteiger partial charge in [0.05, 0.1) is 12.8 Å². The molecule has 0 saturated heterocycles. The lowest BCUT2D eigenvalue weighted by atomic mass is 9.99. The second kappa shape index (κ2) is 6.38. The first-order valence-corrected chi connectivity index (χ1v) is 5.82. The van der Waals surface area contributed by atoms with Crippen LogP contribution in [0.25, 0.3) is 0 Å². The Labute approximate surface area is 98.0 Å². The van der Waals surface area contributed by atoms with Gasteiger partial charge in [-0.3, -0.25) is 0 Å². The molecule has 0 aliphatic heterocycles. The Balaban J connectivity index is 2.77. The molecule has 3 heteroatoms. The Morgan fingerprint density at radius 1 is 1.38 bits per heavy atom. The van der Waals surface area contributed by atoms with E-state index in [1.54, 1.807) is 7.11 Å². The number of methoxy groups -OCH3 is 1. The molecule has 1 rings (SSSR count). The first kappa shape index (κ1) is 12.8. The van der Waals surface area contributed by atoms with Gasteiger partial charge >= 0.3 is 0 Å². The van der Waals surface area contributed by atoms with E-state index in [0.29, 0.717) is 18.5 Å². The predicted octanol–water partition coefficient (Wildman–Crippen LogP) is 2.48. The van der Waals surface area contributed by atoms with Crippen molar-refractivity contribution < 1.29 is 4.74 Å². The van der Waals surface area contributed by atoms with E-state index >= 15 is 0 Å². The molecule has 1 aromatic carbocycles. The smallest absolute Gasteiger partial charge is 0.141 e. The molecular formula is C13H22N2O. The Hall–Kier alpha value is -1.22. The molecule has 0 heterocycles. The van der Waals surface area contributed by atoms with Crippen LogP contribution >= 0.6 is 0 Å². The third kappa shape index (κ3) is 3.14. The number of hydrogen-bond acceptors (Lipinski definition) is 3. The van der Waals surface area contributed by atoms with Crippen LogP contribution in [0.15, 0.2) is 24.3 Å². The van der Waals surface area contributed by atoms with Gasteiger partial charge in [-0.1, -0.05) is 32.4 Å². The molecule has 2 atom stereocenters. The summed E-state index contributed by atoms with van der Waals surface area (Å²) in [7, 11) is 1.68. The van der Waals surface area contributed by atoms with Crippen molar-refractivity contribution in [1.82, 2.24) is 0 Å². The molecule has 0 radical (unpaired) electrons. The summed E-state index contributed by atoms with van der Waals surface area (Å²) in [4.78, 5) is 0. The van der Waals surface area contributed by atoms with Crippen molar-refractivity contribution in [2.75, 3.05) is 19.0 Å². The van der Waals surface area contributed by atoms with E-state index < -0.39 is 0 Å². The number of nitrogens with one attached hydrogen (secondary N) is 1. The number of ether oxygens (including phenoxy) is 1. The number of benzene rings is 1. The summed E-state index contributed by atoms with van der Waals surface area (Å²) in [5, 5.41) is 3.45. The molecule has 0 amide bonds. The monoisotopic (exact) mass is 222 g/mol. The Morgan fingerprint density at radius 3 is 2.62 bits per heavy atom. The van der Waals surface area contributed by atoms with Gasteiger partial charge in [-0.05, 0) is 18.1 Å². The van der Waals surface area contributed by atoms with E-state index in [0.717, 1.165) is 17.9 Å². The molecule has 0 aliphatic carbocycles. The Morgan fingerprint density at radius 2 is 2.06 bits per heavy atom. The van der Waals surface area contributed by atoms with Gasteiger partial charge in [0.15, 0.2) is 0 Å². The van der Waals surface area contributed by atoms with Gasteiger partial charge in [-0.15, -0.1) is 0 Å². The summed E-state index contributed by atoms with van der Waals surface area (Å²) >= 11 is 0. The van der Waals surface area contributed by atoms with Gasteiger partial charge in [0.25, 0.3) is 0 Å². The van der Waals surface area contributed by atoms with Gasteiger partial charge in [0.2, 0.25) is 0 Å². The van der Waals surface area contributed by atoms with E-state index in [4.69, 9.17) is 10.5 Å². The summed E-state index contributed by atoms with van der Waals surface area (Å²) in [5.41, 5.74) is 6.80. The summed E-state index contributed by atoms with van der Waals surface area (Å²) in [6.07, 6.45) is 1.12. The van der Waals surface area contributed by atoms with Crippen LogP contribution in [0.3, 0.4) is 0 Å². The van der Waals surface area contributed by atoms with Crippen LogP contribution in [-0.2, 0) is 0 Å². The number of para-hydroxylation sites is 2. The van der Waals surface area contributed by atoms with Crippen molar-refractivity contribution in [3.8, 4) is 5.75 Å². The lowest BCUT2D eigenvalue weighted by molar-refractivity contribution is 0.413. The van der Waals surface area contributed by atoms with Crippen LogP contribution in [-0.4, -0.2) is 19.7 Å². The summed E-state index contributed by atoms with van der Waals surface area (Å²) in [6.45, 7) is 5.02. The van der Waals surface area contributed by atoms with E-state index in [1.165, 1.54) is 0 Å². The highest BCUT2D eigenvalue weighted by Crippen LogP contribution is 2.25. The van der Waals surface area contributed by atoms with Crippen molar-refractivity contribution in [2.45, 2.75) is 26.3 Å². The van der Waals surface area contributed by atoms with Crippen molar-refractivity contribution in [3.63, 3.8) is 0 Å². The Bertz CT molecular complexity index is 315. The fraction of sp³-hybridized carbons (Fsp3) is 0.538. The van der Waals surface area contributed by atoms with Gasteiger partial charge in [0.1, 0.15) is 5.75 Å². The Kier molecular flexibility index (Phi) is 5.12. The van der Waals surface area contributed by atoms with Crippen LogP contribution in [0, 0.1) is 5.92 Å². The lowest BCUT2D eigenvalue weighted by Crippen LogP contribution is -2.34. The zero-order valence-electron chi connectivity index (χ0n) is 10.4. The first-order valence-electron chi connectivity index (χ1n) is 5.82. The summed E-state index contributed by atoms with van der Waals surface area (Å²) in [5.74, 6) is 1.42. The standard InChI is InChI=1S/C13H22N2O/c1-4-10(2)12(9-14)15-11-7-5-6-8-13(11)16-3/h5-8,10,12,15H,4,9,14H2,1-3H3. The van der Waals surface area contributed by atoms with E-state index in [-0.39, 0.29) is 0 Å². The van der Waals surface area contributed by atoms with Crippen LogP contribution < -0.4 is 15.8 Å². The van der Waals surface area contributed by atoms with Gasteiger partial charge in [-0.2, -0.15) is 0 Å². The highest BCUT2D eigenvalue weighted by Gasteiger charge is 2.15. The molecule has 0 spiro atoms. The topological polar surface area (TPSA) is 47.3 Å². The SMILES string of the molecule is CCC(C)C(CN)Nc1ccccc1OC. The lowest BCUT2D eigenvalue weighted by Gasteiger charge is -2.24. The molecule has 0 saturated carbocycles. The number of nitrogens with two attached hydrogens (primary N) is 1. The molecule has 0 fully saturated rings. The molecule has 90 valence electrons. The quantitative estimate of drug-likeness (QED) is 0.777. The summed E-state index contributed by atoms with van der Waals surface area (Å²) < 4.78 is 5.30. The normalized spacial score (nSPS) is 14.2. The third-order valence-corrected chi connectivity index (χ3v) is 3.03. The third-order valence-electron chi connectivity index (χ3n) is 3.03.